The second-order valence-electron chi connectivity index (χ2n) is 8.80. The maximum atomic E-state index is 12.9. The van der Waals surface area contributed by atoms with Gasteiger partial charge in [-0.15, -0.1) is 0 Å². The molecule has 1 unspecified atom stereocenters. The molecule has 1 aliphatic rings. The lowest BCUT2D eigenvalue weighted by Crippen LogP contribution is -2.15. The molecule has 1 saturated carbocycles. The molecule has 37 heavy (non-hydrogen) atoms. The smallest absolute Gasteiger partial charge is 0.339 e. The Kier molecular flexibility index (Phi) is 6.53. The summed E-state index contributed by atoms with van der Waals surface area (Å²) < 4.78 is 31.1. The summed E-state index contributed by atoms with van der Waals surface area (Å²) in [6.07, 6.45) is 1.60. The van der Waals surface area contributed by atoms with E-state index in [1.807, 2.05) is 30.3 Å². The number of amides is 1. The maximum absolute atomic E-state index is 12.9. The molecule has 190 valence electrons. The molecule has 0 bridgehead atoms. The van der Waals surface area contributed by atoms with E-state index in [0.717, 1.165) is 18.4 Å². The van der Waals surface area contributed by atoms with Crippen molar-refractivity contribution in [3.63, 3.8) is 0 Å². The number of hydrogen-bond donors (Lipinski definition) is 4. The standard InChI is InChI=1S/C26H24N4O6S/c31-24(32)15-22(16-4-2-1-3-5-16)27-18-8-11-20(12-9-18)37(34,35)36-19-10-13-21-23(14-19)29-26(28-21)30-25(33)17-6-7-17/h1-5,8-14,17,22,27H,6-7,15H2,(H,31,32)(H2,28,29,30,33). The predicted molar refractivity (Wildman–Crippen MR) is 137 cm³/mol. The lowest BCUT2D eigenvalue weighted by molar-refractivity contribution is -0.137. The number of rotatable bonds is 10. The fourth-order valence-electron chi connectivity index (χ4n) is 3.87. The van der Waals surface area contributed by atoms with Crippen LogP contribution in [0.4, 0.5) is 11.6 Å². The van der Waals surface area contributed by atoms with Crippen LogP contribution in [0, 0.1) is 5.92 Å². The minimum absolute atomic E-state index is 0.0280. The highest BCUT2D eigenvalue weighted by Gasteiger charge is 2.30. The van der Waals surface area contributed by atoms with E-state index in [1.54, 1.807) is 18.2 Å². The molecular weight excluding hydrogens is 496 g/mol. The zero-order valence-electron chi connectivity index (χ0n) is 19.5. The molecule has 0 saturated heterocycles. The lowest BCUT2D eigenvalue weighted by Gasteiger charge is -2.19. The van der Waals surface area contributed by atoms with Crippen molar-refractivity contribution in [1.82, 2.24) is 9.97 Å². The van der Waals surface area contributed by atoms with Crippen LogP contribution in [-0.2, 0) is 19.7 Å². The number of carbonyl (C=O) groups excluding carboxylic acids is 1. The number of nitrogens with zero attached hydrogens (tertiary/aromatic N) is 1. The van der Waals surface area contributed by atoms with Gasteiger partial charge >= 0.3 is 16.1 Å². The van der Waals surface area contributed by atoms with E-state index >= 15 is 0 Å². The van der Waals surface area contributed by atoms with Gasteiger partial charge in [0.2, 0.25) is 11.9 Å². The van der Waals surface area contributed by atoms with Crippen LogP contribution in [0.1, 0.15) is 30.9 Å². The summed E-state index contributed by atoms with van der Waals surface area (Å²) in [7, 11) is -4.14. The van der Waals surface area contributed by atoms with E-state index in [-0.39, 0.29) is 28.9 Å². The Bertz CT molecular complexity index is 1550. The van der Waals surface area contributed by atoms with E-state index in [0.29, 0.717) is 22.7 Å². The number of H-pyrrole nitrogens is 1. The molecule has 3 aromatic carbocycles. The zero-order chi connectivity index (χ0) is 26.0. The average molecular weight is 521 g/mol. The van der Waals surface area contributed by atoms with Gasteiger partial charge in [-0.3, -0.25) is 14.9 Å². The Labute approximate surface area is 212 Å². The summed E-state index contributed by atoms with van der Waals surface area (Å²) in [5.74, 6) is -0.634. The number of aromatic amines is 1. The summed E-state index contributed by atoms with van der Waals surface area (Å²) in [6, 6.07) is 19.1. The normalized spacial score (nSPS) is 14.2. The first-order valence-electron chi connectivity index (χ1n) is 11.7. The fraction of sp³-hybridized carbons (Fsp3) is 0.192. The van der Waals surface area contributed by atoms with Gasteiger partial charge < -0.3 is 19.6 Å². The quantitative estimate of drug-likeness (QED) is 0.226. The first kappa shape index (κ1) is 24.3. The number of anilines is 2. The molecular formula is C26H24N4O6S. The van der Waals surface area contributed by atoms with E-state index < -0.39 is 22.1 Å². The molecule has 11 heteroatoms. The Hall–Kier alpha value is -4.38. The maximum Gasteiger partial charge on any atom is 0.339 e. The molecule has 5 rings (SSSR count). The van der Waals surface area contributed by atoms with Gasteiger partial charge in [-0.25, -0.2) is 4.98 Å². The van der Waals surface area contributed by atoms with Gasteiger partial charge in [-0.2, -0.15) is 8.42 Å². The molecule has 0 spiro atoms. The Balaban J connectivity index is 1.28. The molecule has 4 N–H and O–H groups in total. The van der Waals surface area contributed by atoms with Crippen molar-refractivity contribution in [2.24, 2.45) is 5.92 Å². The van der Waals surface area contributed by atoms with E-state index in [4.69, 9.17) is 4.18 Å². The Morgan fingerprint density at radius 3 is 2.46 bits per heavy atom. The van der Waals surface area contributed by atoms with E-state index in [9.17, 15) is 23.1 Å². The van der Waals surface area contributed by atoms with Gasteiger partial charge in [-0.1, -0.05) is 30.3 Å². The van der Waals surface area contributed by atoms with Crippen molar-refractivity contribution in [3.8, 4) is 5.75 Å². The first-order chi connectivity index (χ1) is 17.8. The summed E-state index contributed by atoms with van der Waals surface area (Å²) in [6.45, 7) is 0. The molecule has 1 heterocycles. The van der Waals surface area contributed by atoms with Gasteiger partial charge in [0.25, 0.3) is 0 Å². The predicted octanol–water partition coefficient (Wildman–Crippen LogP) is 4.31. The third-order valence-corrected chi connectivity index (χ3v) is 7.17. The molecule has 1 amide bonds. The van der Waals surface area contributed by atoms with Crippen LogP contribution in [-0.4, -0.2) is 35.4 Å². The number of nitrogens with one attached hydrogen (secondary N) is 3. The molecule has 1 aliphatic carbocycles. The zero-order valence-corrected chi connectivity index (χ0v) is 20.4. The largest absolute Gasteiger partial charge is 0.481 e. The summed E-state index contributed by atoms with van der Waals surface area (Å²) in [5.41, 5.74) is 2.44. The number of aliphatic carboxylic acids is 1. The molecule has 0 radical (unpaired) electrons. The number of benzene rings is 3. The number of aromatic nitrogens is 2. The minimum Gasteiger partial charge on any atom is -0.481 e. The Morgan fingerprint density at radius 1 is 1.05 bits per heavy atom. The van der Waals surface area contributed by atoms with Crippen molar-refractivity contribution in [3.05, 3.63) is 78.4 Å². The monoisotopic (exact) mass is 520 g/mol. The van der Waals surface area contributed by atoms with Crippen LogP contribution < -0.4 is 14.8 Å². The van der Waals surface area contributed by atoms with Crippen LogP contribution >= 0.6 is 0 Å². The lowest BCUT2D eigenvalue weighted by atomic mass is 10.0. The van der Waals surface area contributed by atoms with Crippen LogP contribution in [0.5, 0.6) is 5.75 Å². The number of fused-ring (bicyclic) bond motifs is 1. The Morgan fingerprint density at radius 2 is 1.78 bits per heavy atom. The highest BCUT2D eigenvalue weighted by atomic mass is 32.2. The molecule has 1 aromatic heterocycles. The molecule has 1 fully saturated rings. The van der Waals surface area contributed by atoms with Gasteiger partial charge in [-0.05, 0) is 54.8 Å². The van der Waals surface area contributed by atoms with Crippen LogP contribution in [0.3, 0.4) is 0 Å². The van der Waals surface area contributed by atoms with E-state index in [1.165, 1.54) is 24.3 Å². The van der Waals surface area contributed by atoms with Crippen LogP contribution in [0.15, 0.2) is 77.7 Å². The molecule has 10 nitrogen and oxygen atoms in total. The van der Waals surface area contributed by atoms with Gasteiger partial charge in [0.15, 0.2) is 0 Å². The minimum atomic E-state index is -4.14. The highest BCUT2D eigenvalue weighted by Crippen LogP contribution is 2.31. The van der Waals surface area contributed by atoms with E-state index in [2.05, 4.69) is 20.6 Å². The van der Waals surface area contributed by atoms with Crippen molar-refractivity contribution in [2.45, 2.75) is 30.2 Å². The number of hydrogen-bond acceptors (Lipinski definition) is 7. The number of carbonyl (C=O) groups is 2. The fourth-order valence-corrected chi connectivity index (χ4v) is 4.79. The third kappa shape index (κ3) is 5.89. The number of carboxylic acid groups (broad SMARTS) is 1. The van der Waals surface area contributed by atoms with Crippen LogP contribution in [0.25, 0.3) is 11.0 Å². The number of carboxylic acids is 1. The average Bonchev–Trinajstić information content (AvgIpc) is 3.65. The van der Waals surface area contributed by atoms with Crippen molar-refractivity contribution < 1.29 is 27.3 Å². The van der Waals surface area contributed by atoms with Gasteiger partial charge in [0.1, 0.15) is 10.6 Å². The third-order valence-electron chi connectivity index (χ3n) is 5.91. The topological polar surface area (TPSA) is 150 Å². The van der Waals surface area contributed by atoms with Crippen molar-refractivity contribution >= 4 is 44.7 Å². The molecule has 4 aromatic rings. The van der Waals surface area contributed by atoms with Crippen molar-refractivity contribution in [2.75, 3.05) is 10.6 Å². The second-order valence-corrected chi connectivity index (χ2v) is 10.3. The summed E-state index contributed by atoms with van der Waals surface area (Å²) in [5, 5.41) is 15.2. The number of imidazole rings is 1. The van der Waals surface area contributed by atoms with Gasteiger partial charge in [0.05, 0.1) is 23.5 Å². The molecule has 0 aliphatic heterocycles. The van der Waals surface area contributed by atoms with Crippen LogP contribution in [0.2, 0.25) is 0 Å². The van der Waals surface area contributed by atoms with Crippen molar-refractivity contribution in [1.29, 1.82) is 0 Å². The first-order valence-corrected chi connectivity index (χ1v) is 13.1. The molecule has 1 atom stereocenters. The summed E-state index contributed by atoms with van der Waals surface area (Å²) >= 11 is 0. The SMILES string of the molecule is O=C(O)CC(Nc1ccc(S(=O)(=O)Oc2ccc3nc(NC(=O)C4CC4)[nH]c3c2)cc1)c1ccccc1. The second kappa shape index (κ2) is 9.94. The summed E-state index contributed by atoms with van der Waals surface area (Å²) in [4.78, 5) is 30.5. The highest BCUT2D eigenvalue weighted by molar-refractivity contribution is 7.87. The van der Waals surface area contributed by atoms with Gasteiger partial charge in [0, 0.05) is 17.7 Å².